The zero-order valence-corrected chi connectivity index (χ0v) is 18.5. The highest BCUT2D eigenvalue weighted by molar-refractivity contribution is 8.16. The predicted octanol–water partition coefficient (Wildman–Crippen LogP) is 3.80. The second-order valence-electron chi connectivity index (χ2n) is 7.50. The van der Waals surface area contributed by atoms with Crippen LogP contribution in [0.3, 0.4) is 0 Å². The van der Waals surface area contributed by atoms with Crippen molar-refractivity contribution < 1.29 is 13.2 Å². The van der Waals surface area contributed by atoms with E-state index < -0.39 is 9.84 Å². The molecule has 0 aromatic heterocycles. The average molecular weight is 449 g/mol. The van der Waals surface area contributed by atoms with E-state index in [0.717, 1.165) is 22.4 Å². The molecule has 2 aliphatic heterocycles. The van der Waals surface area contributed by atoms with Crippen molar-refractivity contribution in [3.05, 3.63) is 64.2 Å². The summed E-state index contributed by atoms with van der Waals surface area (Å²) in [5, 5.41) is 1.10. The third kappa shape index (κ3) is 4.22. The second kappa shape index (κ2) is 7.78. The third-order valence-electron chi connectivity index (χ3n) is 5.24. The van der Waals surface area contributed by atoms with Crippen molar-refractivity contribution in [3.63, 3.8) is 0 Å². The van der Waals surface area contributed by atoms with Crippen LogP contribution in [0.4, 0.5) is 5.69 Å². The normalized spacial score (nSPS) is 24.1. The minimum Gasteiger partial charge on any atom is -0.315 e. The first-order valence-electron chi connectivity index (χ1n) is 9.32. The molecule has 0 spiro atoms. The third-order valence-corrected chi connectivity index (χ3v) is 8.70. The number of hydrogen-bond acceptors (Lipinski definition) is 4. The highest BCUT2D eigenvalue weighted by atomic mass is 35.5. The number of aliphatic imine (C=N–C) groups is 1. The van der Waals surface area contributed by atoms with Crippen molar-refractivity contribution in [2.45, 2.75) is 31.6 Å². The quantitative estimate of drug-likeness (QED) is 0.714. The van der Waals surface area contributed by atoms with Gasteiger partial charge in [0.15, 0.2) is 15.0 Å². The van der Waals surface area contributed by atoms with Gasteiger partial charge in [0.1, 0.15) is 0 Å². The van der Waals surface area contributed by atoms with Crippen LogP contribution < -0.4 is 4.90 Å². The number of nitrogens with zero attached hydrogens (tertiary/aromatic N) is 2. The van der Waals surface area contributed by atoms with Crippen LogP contribution >= 0.6 is 23.4 Å². The van der Waals surface area contributed by atoms with Crippen molar-refractivity contribution in [2.75, 3.05) is 16.4 Å². The number of benzene rings is 2. The number of para-hydroxylation sites is 1. The van der Waals surface area contributed by atoms with E-state index >= 15 is 0 Å². The van der Waals surface area contributed by atoms with Crippen LogP contribution in [-0.4, -0.2) is 42.3 Å². The Bertz CT molecular complexity index is 1080. The number of aryl methyl sites for hydroxylation is 2. The molecule has 0 bridgehead atoms. The van der Waals surface area contributed by atoms with Crippen molar-refractivity contribution in [1.82, 2.24) is 0 Å². The molecule has 2 aliphatic rings. The Morgan fingerprint density at radius 2 is 1.79 bits per heavy atom. The zero-order chi connectivity index (χ0) is 20.8. The second-order valence-corrected chi connectivity index (χ2v) is 11.3. The van der Waals surface area contributed by atoms with Gasteiger partial charge in [-0.25, -0.2) is 8.42 Å². The van der Waals surface area contributed by atoms with Gasteiger partial charge in [0.25, 0.3) is 5.91 Å². The van der Waals surface area contributed by atoms with Crippen LogP contribution in [0.15, 0.2) is 47.5 Å². The molecular weight excluding hydrogens is 428 g/mol. The first-order valence-corrected chi connectivity index (χ1v) is 12.4. The Balaban J connectivity index is 1.69. The molecule has 152 valence electrons. The molecule has 2 saturated heterocycles. The lowest BCUT2D eigenvalue weighted by atomic mass is 10.1. The maximum Gasteiger partial charge on any atom is 0.252 e. The molecule has 4 rings (SSSR count). The number of carbonyl (C=O) groups excluding carboxylic acids is 1. The van der Waals surface area contributed by atoms with E-state index in [9.17, 15) is 13.2 Å². The minimum absolute atomic E-state index is 0.0861. The molecule has 2 atom stereocenters. The van der Waals surface area contributed by atoms with E-state index in [1.54, 1.807) is 12.1 Å². The van der Waals surface area contributed by atoms with Crippen molar-refractivity contribution in [1.29, 1.82) is 0 Å². The summed E-state index contributed by atoms with van der Waals surface area (Å²) >= 11 is 7.31. The van der Waals surface area contributed by atoms with Gasteiger partial charge < -0.3 is 4.90 Å². The Morgan fingerprint density at radius 3 is 2.45 bits per heavy atom. The first kappa shape index (κ1) is 20.4. The van der Waals surface area contributed by atoms with Crippen LogP contribution in [0.1, 0.15) is 16.7 Å². The number of anilines is 1. The van der Waals surface area contributed by atoms with E-state index in [1.165, 1.54) is 11.8 Å². The summed E-state index contributed by atoms with van der Waals surface area (Å²) in [4.78, 5) is 19.0. The highest BCUT2D eigenvalue weighted by Gasteiger charge is 2.49. The number of halogens is 1. The fourth-order valence-corrected chi connectivity index (χ4v) is 7.98. The molecule has 0 radical (unpaired) electrons. The number of hydrogen-bond donors (Lipinski definition) is 0. The van der Waals surface area contributed by atoms with Gasteiger partial charge in [-0.1, -0.05) is 53.7 Å². The number of amides is 1. The molecule has 5 nitrogen and oxygen atoms in total. The summed E-state index contributed by atoms with van der Waals surface area (Å²) in [7, 11) is -3.09. The van der Waals surface area contributed by atoms with E-state index in [4.69, 9.17) is 11.6 Å². The summed E-state index contributed by atoms with van der Waals surface area (Å²) in [6.45, 7) is 3.99. The fourth-order valence-electron chi connectivity index (χ4n) is 3.93. The van der Waals surface area contributed by atoms with E-state index in [2.05, 4.69) is 4.99 Å². The lowest BCUT2D eigenvalue weighted by Gasteiger charge is -2.28. The number of amidine groups is 1. The maximum absolute atomic E-state index is 12.7. The van der Waals surface area contributed by atoms with Gasteiger partial charge >= 0.3 is 0 Å². The zero-order valence-electron chi connectivity index (χ0n) is 16.1. The molecule has 0 unspecified atom stereocenters. The Hall–Kier alpha value is -1.83. The van der Waals surface area contributed by atoms with E-state index in [-0.39, 0.29) is 35.1 Å². The van der Waals surface area contributed by atoms with Crippen LogP contribution in [0.2, 0.25) is 5.02 Å². The molecule has 0 N–H and O–H groups in total. The number of rotatable bonds is 3. The number of carbonyl (C=O) groups is 1. The summed E-state index contributed by atoms with van der Waals surface area (Å²) in [6, 6.07) is 12.9. The van der Waals surface area contributed by atoms with Crippen molar-refractivity contribution >= 4 is 50.0 Å². The average Bonchev–Trinajstić information content (AvgIpc) is 3.09. The molecule has 2 heterocycles. The van der Waals surface area contributed by atoms with Gasteiger partial charge in [-0.3, -0.25) is 4.79 Å². The van der Waals surface area contributed by atoms with E-state index in [0.29, 0.717) is 10.2 Å². The van der Waals surface area contributed by atoms with Crippen molar-refractivity contribution in [3.8, 4) is 0 Å². The van der Waals surface area contributed by atoms with E-state index in [1.807, 2.05) is 49.1 Å². The Labute approximate surface area is 180 Å². The summed E-state index contributed by atoms with van der Waals surface area (Å²) in [5.74, 6) is -0.0503. The molecular formula is C21H21ClN2O3S2. The molecule has 2 aromatic carbocycles. The van der Waals surface area contributed by atoms with Gasteiger partial charge in [0.2, 0.25) is 0 Å². The Morgan fingerprint density at radius 1 is 1.14 bits per heavy atom. The number of fused-ring (bicyclic) bond motifs is 1. The SMILES string of the molecule is Cc1cccc(C)c1N1C(=NC(=O)Cc2ccc(Cl)cc2)S[C@@H]2CS(=O)(=O)C[C@@H]21. The standard InChI is InChI=1S/C21H21ClN2O3S2/c1-13-4-3-5-14(2)20(13)24-17-11-29(26,27)12-18(17)28-21(24)23-19(25)10-15-6-8-16(22)9-7-15/h3-9,17-18H,10-12H2,1-2H3/t17-,18+/m0/s1. The summed E-state index contributed by atoms with van der Waals surface area (Å²) < 4.78 is 24.5. The van der Waals surface area contributed by atoms with Crippen LogP contribution in [0.5, 0.6) is 0 Å². The maximum atomic E-state index is 12.7. The molecule has 29 heavy (non-hydrogen) atoms. The first-order chi connectivity index (χ1) is 13.7. The summed E-state index contributed by atoms with van der Waals surface area (Å²) in [5.41, 5.74) is 3.86. The lowest BCUT2D eigenvalue weighted by molar-refractivity contribution is -0.117. The topological polar surface area (TPSA) is 66.8 Å². The monoisotopic (exact) mass is 448 g/mol. The minimum atomic E-state index is -3.09. The summed E-state index contributed by atoms with van der Waals surface area (Å²) in [6.07, 6.45) is 0.176. The molecule has 8 heteroatoms. The molecule has 1 amide bonds. The largest absolute Gasteiger partial charge is 0.315 e. The fraction of sp³-hybridized carbons (Fsp3) is 0.333. The van der Waals surface area contributed by atoms with Gasteiger partial charge in [0, 0.05) is 16.0 Å². The van der Waals surface area contributed by atoms with Gasteiger partial charge in [-0.15, -0.1) is 0 Å². The Kier molecular flexibility index (Phi) is 5.48. The molecule has 0 aliphatic carbocycles. The highest BCUT2D eigenvalue weighted by Crippen LogP contribution is 2.43. The van der Waals surface area contributed by atoms with Crippen molar-refractivity contribution in [2.24, 2.45) is 4.99 Å². The smallest absolute Gasteiger partial charge is 0.252 e. The van der Waals surface area contributed by atoms with Gasteiger partial charge in [-0.2, -0.15) is 4.99 Å². The van der Waals surface area contributed by atoms with Gasteiger partial charge in [-0.05, 0) is 42.7 Å². The number of thioether (sulfide) groups is 1. The predicted molar refractivity (Wildman–Crippen MR) is 120 cm³/mol. The molecule has 0 saturated carbocycles. The number of sulfone groups is 1. The van der Waals surface area contributed by atoms with Crippen LogP contribution in [0, 0.1) is 13.8 Å². The molecule has 2 aromatic rings. The lowest BCUT2D eigenvalue weighted by Crippen LogP contribution is -2.38. The van der Waals surface area contributed by atoms with Gasteiger partial charge in [0.05, 0.1) is 24.0 Å². The van der Waals surface area contributed by atoms with Crippen LogP contribution in [0.25, 0.3) is 0 Å². The molecule has 2 fully saturated rings. The van der Waals surface area contributed by atoms with Crippen LogP contribution in [-0.2, 0) is 21.1 Å².